The van der Waals surface area contributed by atoms with Crippen molar-refractivity contribution in [2.75, 3.05) is 0 Å². The van der Waals surface area contributed by atoms with Crippen LogP contribution < -0.4 is 0 Å². The number of rotatable bonds is 2. The molecule has 0 saturated carbocycles. The van der Waals surface area contributed by atoms with Crippen molar-refractivity contribution in [3.05, 3.63) is 58.6 Å². The zero-order valence-electron chi connectivity index (χ0n) is 11.3. The minimum atomic E-state index is -4.36. The Morgan fingerprint density at radius 3 is 1.17 bits per heavy atom. The summed E-state index contributed by atoms with van der Waals surface area (Å²) in [6.07, 6.45) is 0. The van der Waals surface area contributed by atoms with Gasteiger partial charge in [-0.3, -0.25) is 0 Å². The Bertz CT molecular complexity index is 795. The van der Waals surface area contributed by atoms with Crippen LogP contribution >= 0.6 is 23.2 Å². The molecule has 2 aromatic carbocycles. The summed E-state index contributed by atoms with van der Waals surface area (Å²) < 4.78 is 62.2. The van der Waals surface area contributed by atoms with Crippen LogP contribution in [0.4, 0.5) is 0 Å². The Hall–Kier alpha value is -0.238. The Labute approximate surface area is 164 Å². The third-order valence-electron chi connectivity index (χ3n) is 2.17. The monoisotopic (exact) mass is 496 g/mol. The SMILES string of the molecule is O=S(=O)([O-])c1cccc(Cl)c1.O=S(=O)([O-])c1cccc(Cl)c1.[Cd+2]. The topological polar surface area (TPSA) is 114 Å². The van der Waals surface area contributed by atoms with Crippen molar-refractivity contribution < 1.29 is 53.2 Å². The maximum atomic E-state index is 10.4. The largest absolute Gasteiger partial charge is 2.00 e. The molecular formula is C12H8CdCl2O6S2. The third kappa shape index (κ3) is 8.42. The number of hydrogen-bond acceptors (Lipinski definition) is 6. The average Bonchev–Trinajstić information content (AvgIpc) is 2.37. The van der Waals surface area contributed by atoms with Crippen molar-refractivity contribution >= 4 is 43.4 Å². The van der Waals surface area contributed by atoms with Gasteiger partial charge < -0.3 is 9.11 Å². The van der Waals surface area contributed by atoms with E-state index in [1.807, 2.05) is 0 Å². The minimum absolute atomic E-state index is 0. The van der Waals surface area contributed by atoms with Crippen LogP contribution in [0, 0.1) is 0 Å². The van der Waals surface area contributed by atoms with E-state index in [9.17, 15) is 25.9 Å². The number of hydrogen-bond donors (Lipinski definition) is 0. The Balaban J connectivity index is 0.000000403. The first-order valence-corrected chi connectivity index (χ1v) is 9.00. The molecule has 0 aliphatic heterocycles. The first-order chi connectivity index (χ1) is 10.00. The van der Waals surface area contributed by atoms with Gasteiger partial charge in [0.15, 0.2) is 0 Å². The summed E-state index contributed by atoms with van der Waals surface area (Å²) in [7, 11) is -8.72. The molecule has 0 aliphatic carbocycles. The molecule has 23 heavy (non-hydrogen) atoms. The third-order valence-corrected chi connectivity index (χ3v) is 4.30. The Kier molecular flexibility index (Phi) is 9.20. The van der Waals surface area contributed by atoms with Crippen molar-refractivity contribution in [3.63, 3.8) is 0 Å². The van der Waals surface area contributed by atoms with Gasteiger partial charge in [-0.25, -0.2) is 16.8 Å². The Morgan fingerprint density at radius 2 is 1.00 bits per heavy atom. The summed E-state index contributed by atoms with van der Waals surface area (Å²) in [6.45, 7) is 0. The van der Waals surface area contributed by atoms with Crippen LogP contribution in [0.25, 0.3) is 0 Å². The molecule has 2 aromatic rings. The van der Waals surface area contributed by atoms with E-state index in [2.05, 4.69) is 0 Å². The van der Waals surface area contributed by atoms with Gasteiger partial charge in [0.25, 0.3) is 0 Å². The molecule has 2 rings (SSSR count). The van der Waals surface area contributed by atoms with E-state index in [-0.39, 0.29) is 47.1 Å². The van der Waals surface area contributed by atoms with E-state index in [4.69, 9.17) is 23.2 Å². The van der Waals surface area contributed by atoms with Gasteiger partial charge in [-0.15, -0.1) is 0 Å². The molecule has 0 atom stereocenters. The fraction of sp³-hybridized carbons (Fsp3) is 0. The number of benzene rings is 2. The predicted octanol–water partition coefficient (Wildman–Crippen LogP) is 2.49. The summed E-state index contributed by atoms with van der Waals surface area (Å²) >= 11 is 10.9. The quantitative estimate of drug-likeness (QED) is 0.467. The zero-order valence-corrected chi connectivity index (χ0v) is 18.5. The van der Waals surface area contributed by atoms with Gasteiger partial charge >= 0.3 is 27.3 Å². The van der Waals surface area contributed by atoms with E-state index in [0.717, 1.165) is 12.1 Å². The van der Waals surface area contributed by atoms with Gasteiger partial charge in [0.2, 0.25) is 0 Å². The van der Waals surface area contributed by atoms with Crippen molar-refractivity contribution in [1.82, 2.24) is 0 Å². The number of halogens is 2. The molecule has 0 radical (unpaired) electrons. The van der Waals surface area contributed by atoms with Gasteiger partial charge in [-0.05, 0) is 36.4 Å². The first kappa shape index (κ1) is 22.8. The molecule has 0 fully saturated rings. The fourth-order valence-corrected chi connectivity index (χ4v) is 2.79. The van der Waals surface area contributed by atoms with Crippen LogP contribution in [-0.4, -0.2) is 25.9 Å². The molecule has 0 aromatic heterocycles. The van der Waals surface area contributed by atoms with E-state index in [1.54, 1.807) is 0 Å². The van der Waals surface area contributed by atoms with Crippen LogP contribution in [0.5, 0.6) is 0 Å². The minimum Gasteiger partial charge on any atom is -0.744 e. The fourth-order valence-electron chi connectivity index (χ4n) is 1.25. The van der Waals surface area contributed by atoms with E-state index < -0.39 is 20.2 Å². The molecule has 0 saturated heterocycles. The van der Waals surface area contributed by atoms with Gasteiger partial charge in [0.1, 0.15) is 20.2 Å². The molecule has 0 bridgehead atoms. The average molecular weight is 496 g/mol. The van der Waals surface area contributed by atoms with Crippen molar-refractivity contribution in [2.24, 2.45) is 0 Å². The van der Waals surface area contributed by atoms with E-state index in [1.165, 1.54) is 36.4 Å². The maximum absolute atomic E-state index is 10.4. The van der Waals surface area contributed by atoms with Gasteiger partial charge in [-0.2, -0.15) is 0 Å². The predicted molar refractivity (Wildman–Crippen MR) is 78.8 cm³/mol. The van der Waals surface area contributed by atoms with Gasteiger partial charge in [0, 0.05) is 10.0 Å². The molecule has 0 amide bonds. The van der Waals surface area contributed by atoms with Crippen LogP contribution in [0.2, 0.25) is 10.0 Å². The first-order valence-electron chi connectivity index (χ1n) is 5.43. The van der Waals surface area contributed by atoms with Crippen LogP contribution in [0.15, 0.2) is 58.3 Å². The van der Waals surface area contributed by atoms with Gasteiger partial charge in [0.05, 0.1) is 9.79 Å². The molecule has 0 unspecified atom stereocenters. The maximum Gasteiger partial charge on any atom is 2.00 e. The molecule has 11 heteroatoms. The normalized spacial score (nSPS) is 11.0. The summed E-state index contributed by atoms with van der Waals surface area (Å²) in [5.74, 6) is 0. The second-order valence-electron chi connectivity index (χ2n) is 3.82. The van der Waals surface area contributed by atoms with E-state index >= 15 is 0 Å². The summed E-state index contributed by atoms with van der Waals surface area (Å²) in [4.78, 5) is -0.602. The second-order valence-corrected chi connectivity index (χ2v) is 7.46. The van der Waals surface area contributed by atoms with Crippen molar-refractivity contribution in [3.8, 4) is 0 Å². The molecule has 120 valence electrons. The van der Waals surface area contributed by atoms with Crippen LogP contribution in [-0.2, 0) is 47.5 Å². The molecule has 0 N–H and O–H groups in total. The molecule has 0 heterocycles. The summed E-state index contributed by atoms with van der Waals surface area (Å²) in [5.41, 5.74) is 0. The van der Waals surface area contributed by atoms with Gasteiger partial charge in [-0.1, -0.05) is 35.3 Å². The molecular weight excluding hydrogens is 488 g/mol. The zero-order chi connectivity index (χ0) is 17.0. The molecule has 0 aliphatic rings. The van der Waals surface area contributed by atoms with Crippen LogP contribution in [0.3, 0.4) is 0 Å². The standard InChI is InChI=1S/2C6H5ClO3S.Cd/c2*7-5-2-1-3-6(4-5)11(8,9)10;/h2*1-4H,(H,8,9,10);/q;;+2/p-2. The Morgan fingerprint density at radius 1 is 0.696 bits per heavy atom. The summed E-state index contributed by atoms with van der Waals surface area (Å²) in [5, 5.41) is 0.476. The summed E-state index contributed by atoms with van der Waals surface area (Å²) in [6, 6.07) is 10.4. The second kappa shape index (κ2) is 9.30. The molecule has 6 nitrogen and oxygen atoms in total. The van der Waals surface area contributed by atoms with Crippen LogP contribution in [0.1, 0.15) is 0 Å². The van der Waals surface area contributed by atoms with Crippen molar-refractivity contribution in [1.29, 1.82) is 0 Å². The van der Waals surface area contributed by atoms with Crippen molar-refractivity contribution in [2.45, 2.75) is 9.79 Å². The molecule has 0 spiro atoms. The van der Waals surface area contributed by atoms with E-state index in [0.29, 0.717) is 0 Å². The smallest absolute Gasteiger partial charge is 0.744 e.